The Morgan fingerprint density at radius 1 is 1.48 bits per heavy atom. The lowest BCUT2D eigenvalue weighted by atomic mass is 10.1. The van der Waals surface area contributed by atoms with E-state index in [0.717, 1.165) is 0 Å². The average Bonchev–Trinajstić information content (AvgIpc) is 2.43. The van der Waals surface area contributed by atoms with Crippen LogP contribution in [0.25, 0.3) is 0 Å². The number of hydrogen-bond donors (Lipinski definition) is 2. The highest BCUT2D eigenvalue weighted by Crippen LogP contribution is 2.13. The topological polar surface area (TPSA) is 139 Å². The highest BCUT2D eigenvalue weighted by molar-refractivity contribution is 5.87. The van der Waals surface area contributed by atoms with Crippen molar-refractivity contribution in [2.75, 3.05) is 0 Å². The van der Waals surface area contributed by atoms with Gasteiger partial charge < -0.3 is 11.1 Å². The molecule has 0 bridgehead atoms. The molecule has 2 amide bonds. The van der Waals surface area contributed by atoms with Gasteiger partial charge >= 0.3 is 0 Å². The van der Waals surface area contributed by atoms with E-state index >= 15 is 0 Å². The largest absolute Gasteiger partial charge is 0.368 e. The number of nitrogens with two attached hydrogens (primary N) is 1. The van der Waals surface area contributed by atoms with Crippen LogP contribution in [0, 0.1) is 21.4 Å². The second-order valence-electron chi connectivity index (χ2n) is 4.32. The van der Waals surface area contributed by atoms with E-state index in [1.165, 1.54) is 18.2 Å². The number of nitro benzene ring substituents is 1. The standard InChI is InChI=1S/C13H14N4O4/c14-6-2-5-11(13(15)19)16-12(18)8-9-3-1-4-10(7-9)17(20)21/h1,3-4,7,11H,2,5,8H2,(H2,15,19)(H,16,18)/t11-/m0/s1. The van der Waals surface area contributed by atoms with Crippen molar-refractivity contribution in [2.24, 2.45) is 5.73 Å². The molecule has 1 rings (SSSR count). The number of nitrogens with one attached hydrogen (secondary N) is 1. The monoisotopic (exact) mass is 290 g/mol. The van der Waals surface area contributed by atoms with Gasteiger partial charge in [0.05, 0.1) is 17.4 Å². The maximum atomic E-state index is 11.8. The number of amides is 2. The first-order chi connectivity index (χ1) is 9.93. The van der Waals surface area contributed by atoms with Crippen LogP contribution in [0.5, 0.6) is 0 Å². The van der Waals surface area contributed by atoms with E-state index in [-0.39, 0.29) is 24.9 Å². The summed E-state index contributed by atoms with van der Waals surface area (Å²) in [7, 11) is 0. The van der Waals surface area contributed by atoms with Gasteiger partial charge in [0.15, 0.2) is 0 Å². The Balaban J connectivity index is 2.68. The summed E-state index contributed by atoms with van der Waals surface area (Å²) in [5.41, 5.74) is 5.47. The second-order valence-corrected chi connectivity index (χ2v) is 4.32. The van der Waals surface area contributed by atoms with Crippen LogP contribution >= 0.6 is 0 Å². The van der Waals surface area contributed by atoms with E-state index in [4.69, 9.17) is 11.0 Å². The van der Waals surface area contributed by atoms with Crippen LogP contribution in [0.4, 0.5) is 5.69 Å². The molecule has 110 valence electrons. The fourth-order valence-corrected chi connectivity index (χ4v) is 1.71. The van der Waals surface area contributed by atoms with Crippen LogP contribution in [0.15, 0.2) is 24.3 Å². The molecule has 0 fully saturated rings. The summed E-state index contributed by atoms with van der Waals surface area (Å²) in [4.78, 5) is 33.0. The number of hydrogen-bond acceptors (Lipinski definition) is 5. The highest BCUT2D eigenvalue weighted by Gasteiger charge is 2.18. The molecular weight excluding hydrogens is 276 g/mol. The lowest BCUT2D eigenvalue weighted by Crippen LogP contribution is -2.44. The van der Waals surface area contributed by atoms with Crippen molar-refractivity contribution >= 4 is 17.5 Å². The lowest BCUT2D eigenvalue weighted by Gasteiger charge is -2.13. The first-order valence-corrected chi connectivity index (χ1v) is 6.13. The van der Waals surface area contributed by atoms with Crippen molar-refractivity contribution < 1.29 is 14.5 Å². The van der Waals surface area contributed by atoms with E-state index in [1.54, 1.807) is 6.07 Å². The maximum Gasteiger partial charge on any atom is 0.269 e. The summed E-state index contributed by atoms with van der Waals surface area (Å²) >= 11 is 0. The van der Waals surface area contributed by atoms with Crippen LogP contribution < -0.4 is 11.1 Å². The summed E-state index contributed by atoms with van der Waals surface area (Å²) in [5.74, 6) is -1.21. The maximum absolute atomic E-state index is 11.8. The predicted octanol–water partition coefficient (Wildman–Crippen LogP) is 0.411. The molecule has 1 aromatic rings. The van der Waals surface area contributed by atoms with E-state index < -0.39 is 22.8 Å². The molecule has 0 aliphatic rings. The Morgan fingerprint density at radius 2 is 2.19 bits per heavy atom. The van der Waals surface area contributed by atoms with E-state index in [9.17, 15) is 19.7 Å². The van der Waals surface area contributed by atoms with Crippen molar-refractivity contribution in [1.29, 1.82) is 5.26 Å². The first kappa shape index (κ1) is 16.1. The van der Waals surface area contributed by atoms with Gasteiger partial charge in [0.1, 0.15) is 6.04 Å². The molecule has 1 aromatic carbocycles. The zero-order valence-electron chi connectivity index (χ0n) is 11.1. The Morgan fingerprint density at radius 3 is 2.76 bits per heavy atom. The Kier molecular flexibility index (Phi) is 5.82. The van der Waals surface area contributed by atoms with Gasteiger partial charge in [-0.05, 0) is 12.0 Å². The van der Waals surface area contributed by atoms with Gasteiger partial charge in [-0.15, -0.1) is 0 Å². The van der Waals surface area contributed by atoms with E-state index in [2.05, 4.69) is 5.32 Å². The number of carbonyl (C=O) groups excluding carboxylic acids is 2. The van der Waals surface area contributed by atoms with Crippen LogP contribution in [-0.4, -0.2) is 22.8 Å². The normalized spacial score (nSPS) is 11.2. The van der Waals surface area contributed by atoms with Gasteiger partial charge in [0.2, 0.25) is 11.8 Å². The van der Waals surface area contributed by atoms with Crippen LogP contribution in [0.3, 0.4) is 0 Å². The zero-order chi connectivity index (χ0) is 15.8. The first-order valence-electron chi connectivity index (χ1n) is 6.13. The number of carbonyl (C=O) groups is 2. The number of rotatable bonds is 7. The molecule has 0 spiro atoms. The van der Waals surface area contributed by atoms with Crippen molar-refractivity contribution in [3.8, 4) is 6.07 Å². The van der Waals surface area contributed by atoms with E-state index in [0.29, 0.717) is 5.56 Å². The van der Waals surface area contributed by atoms with Crippen molar-refractivity contribution in [2.45, 2.75) is 25.3 Å². The molecule has 8 nitrogen and oxygen atoms in total. The molecule has 8 heteroatoms. The second kappa shape index (κ2) is 7.59. The van der Waals surface area contributed by atoms with E-state index in [1.807, 2.05) is 6.07 Å². The molecule has 0 saturated carbocycles. The summed E-state index contributed by atoms with van der Waals surface area (Å²) in [6.07, 6.45) is 0.106. The Bertz CT molecular complexity index is 594. The van der Waals surface area contributed by atoms with Crippen LogP contribution in [-0.2, 0) is 16.0 Å². The van der Waals surface area contributed by atoms with Crippen molar-refractivity contribution in [3.05, 3.63) is 39.9 Å². The molecule has 0 heterocycles. The van der Waals surface area contributed by atoms with Gasteiger partial charge in [-0.3, -0.25) is 19.7 Å². The van der Waals surface area contributed by atoms with Crippen LogP contribution in [0.1, 0.15) is 18.4 Å². The Labute approximate surface area is 120 Å². The fourth-order valence-electron chi connectivity index (χ4n) is 1.71. The van der Waals surface area contributed by atoms with Crippen LogP contribution in [0.2, 0.25) is 0 Å². The summed E-state index contributed by atoms with van der Waals surface area (Å²) in [6, 6.07) is 6.59. The smallest absolute Gasteiger partial charge is 0.269 e. The summed E-state index contributed by atoms with van der Waals surface area (Å²) < 4.78 is 0. The number of primary amides is 1. The quantitative estimate of drug-likeness (QED) is 0.553. The minimum Gasteiger partial charge on any atom is -0.368 e. The molecular formula is C13H14N4O4. The lowest BCUT2D eigenvalue weighted by molar-refractivity contribution is -0.384. The molecule has 0 aliphatic carbocycles. The van der Waals surface area contributed by atoms with Gasteiger partial charge in [-0.25, -0.2) is 0 Å². The third kappa shape index (κ3) is 5.28. The Hall–Kier alpha value is -2.95. The minimum atomic E-state index is -0.921. The van der Waals surface area contributed by atoms with Crippen molar-refractivity contribution in [1.82, 2.24) is 5.32 Å². The molecule has 3 N–H and O–H groups in total. The molecule has 0 unspecified atom stereocenters. The number of non-ortho nitro benzene ring substituents is 1. The third-order valence-corrected chi connectivity index (χ3v) is 2.71. The molecule has 0 saturated heterocycles. The number of nitrogens with zero attached hydrogens (tertiary/aromatic N) is 2. The van der Waals surface area contributed by atoms with Gasteiger partial charge in [0.25, 0.3) is 5.69 Å². The molecule has 0 radical (unpaired) electrons. The van der Waals surface area contributed by atoms with Gasteiger partial charge in [-0.1, -0.05) is 12.1 Å². The highest BCUT2D eigenvalue weighted by atomic mass is 16.6. The number of nitro groups is 1. The molecule has 21 heavy (non-hydrogen) atoms. The number of benzene rings is 1. The predicted molar refractivity (Wildman–Crippen MR) is 72.8 cm³/mol. The molecule has 1 atom stereocenters. The molecule has 0 aromatic heterocycles. The number of nitriles is 1. The SMILES string of the molecule is N#CCC[C@H](NC(=O)Cc1cccc([N+](=O)[O-])c1)C(N)=O. The fraction of sp³-hybridized carbons (Fsp3) is 0.308. The molecule has 0 aliphatic heterocycles. The minimum absolute atomic E-state index is 0.0880. The van der Waals surface area contributed by atoms with Gasteiger partial charge in [-0.2, -0.15) is 5.26 Å². The average molecular weight is 290 g/mol. The zero-order valence-corrected chi connectivity index (χ0v) is 11.1. The third-order valence-electron chi connectivity index (χ3n) is 2.71. The van der Waals surface area contributed by atoms with Crippen molar-refractivity contribution in [3.63, 3.8) is 0 Å². The summed E-state index contributed by atoms with van der Waals surface area (Å²) in [6.45, 7) is 0. The summed E-state index contributed by atoms with van der Waals surface area (Å²) in [5, 5.41) is 21.5. The van der Waals surface area contributed by atoms with Gasteiger partial charge in [0, 0.05) is 18.6 Å².